The number of Topliss-reactive ketones (excluding diaryl/α,β-unsaturated/α-hetero) is 1. The number of hydrogen-bond acceptors (Lipinski definition) is 4. The second-order valence-corrected chi connectivity index (χ2v) is 9.77. The Hall–Kier alpha value is -3.08. The number of benzene rings is 3. The minimum Gasteiger partial charge on any atom is -0.395 e. The number of carbonyl (C=O) groups excluding carboxylic acids is 1. The van der Waals surface area contributed by atoms with Crippen molar-refractivity contribution in [3.63, 3.8) is 0 Å². The average molecular weight is 510 g/mol. The Bertz CT molecular complexity index is 1260. The molecule has 3 aromatic rings. The molecule has 3 rings (SSSR count). The van der Waals surface area contributed by atoms with Crippen molar-refractivity contribution in [2.24, 2.45) is 0 Å². The van der Waals surface area contributed by atoms with Gasteiger partial charge in [-0.15, -0.1) is 0 Å². The molecule has 0 fully saturated rings. The van der Waals surface area contributed by atoms with Gasteiger partial charge in [0, 0.05) is 13.0 Å². The van der Waals surface area contributed by atoms with Crippen LogP contribution < -0.4 is 0 Å². The summed E-state index contributed by atoms with van der Waals surface area (Å²) in [7, 11) is -4.11. The zero-order chi connectivity index (χ0) is 25.6. The van der Waals surface area contributed by atoms with Gasteiger partial charge in [-0.1, -0.05) is 36.4 Å². The lowest BCUT2D eigenvalue weighted by atomic mass is 9.99. The molecule has 5 nitrogen and oxygen atoms in total. The summed E-state index contributed by atoms with van der Waals surface area (Å²) in [6, 6.07) is 15.9. The molecular formula is C25H23F4NO4S. The molecule has 0 aliphatic rings. The van der Waals surface area contributed by atoms with Gasteiger partial charge in [0.1, 0.15) is 11.6 Å². The fraction of sp³-hybridized carbons (Fsp3) is 0.240. The van der Waals surface area contributed by atoms with Gasteiger partial charge >= 0.3 is 6.18 Å². The van der Waals surface area contributed by atoms with E-state index in [-0.39, 0.29) is 30.1 Å². The Balaban J connectivity index is 1.67. The maximum absolute atomic E-state index is 13.1. The van der Waals surface area contributed by atoms with E-state index in [1.165, 1.54) is 12.1 Å². The summed E-state index contributed by atoms with van der Waals surface area (Å²) in [5, 5.41) is 9.27. The van der Waals surface area contributed by atoms with Crippen molar-refractivity contribution >= 4 is 15.8 Å². The number of sulfonamides is 1. The minimum atomic E-state index is -4.42. The Morgan fingerprint density at radius 2 is 1.57 bits per heavy atom. The number of alkyl halides is 3. The van der Waals surface area contributed by atoms with Gasteiger partial charge in [-0.3, -0.25) is 4.79 Å². The third kappa shape index (κ3) is 6.97. The summed E-state index contributed by atoms with van der Waals surface area (Å²) < 4.78 is 78.0. The molecule has 0 aliphatic heterocycles. The van der Waals surface area contributed by atoms with Crippen LogP contribution in [0.3, 0.4) is 0 Å². The highest BCUT2D eigenvalue weighted by molar-refractivity contribution is 7.89. The summed E-state index contributed by atoms with van der Waals surface area (Å²) >= 11 is 0. The number of rotatable bonds is 10. The lowest BCUT2D eigenvalue weighted by Gasteiger charge is -2.20. The van der Waals surface area contributed by atoms with Crippen molar-refractivity contribution in [2.75, 3.05) is 19.7 Å². The van der Waals surface area contributed by atoms with E-state index < -0.39 is 40.7 Å². The first-order valence-electron chi connectivity index (χ1n) is 10.7. The molecule has 0 saturated carbocycles. The quantitative estimate of drug-likeness (QED) is 0.402. The molecular weight excluding hydrogens is 486 g/mol. The molecule has 0 radical (unpaired) electrons. The van der Waals surface area contributed by atoms with Crippen LogP contribution in [0.2, 0.25) is 0 Å². The third-order valence-corrected chi connectivity index (χ3v) is 7.18. The number of hydrogen-bond donors (Lipinski definition) is 1. The Labute approximate surface area is 200 Å². The zero-order valence-corrected chi connectivity index (χ0v) is 19.3. The van der Waals surface area contributed by atoms with E-state index in [0.29, 0.717) is 11.1 Å². The SMILES string of the molecule is O=C(CCc1cccc(-c2ccc(C(F)(F)F)cc2)c1)CN(CCO)S(=O)(=O)c1ccc(F)cc1. The fourth-order valence-electron chi connectivity index (χ4n) is 3.47. The fourth-order valence-corrected chi connectivity index (χ4v) is 4.88. The molecule has 0 unspecified atom stereocenters. The van der Waals surface area contributed by atoms with Crippen molar-refractivity contribution in [1.29, 1.82) is 0 Å². The lowest BCUT2D eigenvalue weighted by molar-refractivity contribution is -0.137. The van der Waals surface area contributed by atoms with Crippen LogP contribution in [-0.4, -0.2) is 43.3 Å². The van der Waals surface area contributed by atoms with Gasteiger partial charge in [-0.05, 0) is 59.5 Å². The van der Waals surface area contributed by atoms with Crippen LogP contribution in [0.15, 0.2) is 77.7 Å². The zero-order valence-electron chi connectivity index (χ0n) is 18.5. The van der Waals surface area contributed by atoms with Gasteiger partial charge in [-0.25, -0.2) is 12.8 Å². The summed E-state index contributed by atoms with van der Waals surface area (Å²) in [6.45, 7) is -1.25. The normalized spacial score (nSPS) is 12.2. The number of carbonyl (C=O) groups is 1. The van der Waals surface area contributed by atoms with Crippen LogP contribution in [0.25, 0.3) is 11.1 Å². The summed E-state index contributed by atoms with van der Waals surface area (Å²) in [6.07, 6.45) is -4.12. The number of nitrogens with zero attached hydrogens (tertiary/aromatic N) is 1. The topological polar surface area (TPSA) is 74.7 Å². The molecule has 0 amide bonds. The molecule has 3 aromatic carbocycles. The molecule has 0 bridgehead atoms. The van der Waals surface area contributed by atoms with E-state index >= 15 is 0 Å². The molecule has 1 N–H and O–H groups in total. The number of halogens is 4. The lowest BCUT2D eigenvalue weighted by Crippen LogP contribution is -2.37. The predicted octanol–water partition coefficient (Wildman–Crippen LogP) is 4.70. The van der Waals surface area contributed by atoms with Gasteiger partial charge in [0.15, 0.2) is 0 Å². The number of aliphatic hydroxyl groups excluding tert-OH is 1. The predicted molar refractivity (Wildman–Crippen MR) is 122 cm³/mol. The maximum atomic E-state index is 13.1. The molecule has 35 heavy (non-hydrogen) atoms. The van der Waals surface area contributed by atoms with E-state index in [4.69, 9.17) is 0 Å². The van der Waals surface area contributed by atoms with Crippen LogP contribution in [0.5, 0.6) is 0 Å². The number of aliphatic hydroxyl groups is 1. The van der Waals surface area contributed by atoms with Crippen molar-refractivity contribution in [3.8, 4) is 11.1 Å². The minimum absolute atomic E-state index is 0.0112. The van der Waals surface area contributed by atoms with Crippen LogP contribution in [-0.2, 0) is 27.4 Å². The third-order valence-electron chi connectivity index (χ3n) is 5.32. The van der Waals surface area contributed by atoms with Crippen molar-refractivity contribution in [3.05, 3.63) is 89.7 Å². The first-order chi connectivity index (χ1) is 16.5. The largest absolute Gasteiger partial charge is 0.416 e. The second kappa shape index (κ2) is 11.1. The number of ketones is 1. The van der Waals surface area contributed by atoms with Crippen LogP contribution in [0.1, 0.15) is 17.5 Å². The molecule has 0 aromatic heterocycles. The molecule has 0 saturated heterocycles. The van der Waals surface area contributed by atoms with Crippen molar-refractivity contribution in [1.82, 2.24) is 4.31 Å². The van der Waals surface area contributed by atoms with E-state index in [9.17, 15) is 35.9 Å². The van der Waals surface area contributed by atoms with Gasteiger partial charge < -0.3 is 5.11 Å². The van der Waals surface area contributed by atoms with Crippen molar-refractivity contribution in [2.45, 2.75) is 23.9 Å². The Morgan fingerprint density at radius 3 is 2.17 bits per heavy atom. The first-order valence-corrected chi connectivity index (χ1v) is 12.1. The van der Waals surface area contributed by atoms with Crippen molar-refractivity contribution < 1.29 is 35.9 Å². The highest BCUT2D eigenvalue weighted by atomic mass is 32.2. The molecule has 0 aliphatic carbocycles. The highest BCUT2D eigenvalue weighted by Gasteiger charge is 2.30. The monoisotopic (exact) mass is 509 g/mol. The van der Waals surface area contributed by atoms with E-state index in [1.807, 2.05) is 0 Å². The smallest absolute Gasteiger partial charge is 0.395 e. The molecule has 0 heterocycles. The molecule has 0 atom stereocenters. The van der Waals surface area contributed by atoms with E-state index in [0.717, 1.165) is 46.3 Å². The molecule has 10 heteroatoms. The second-order valence-electron chi connectivity index (χ2n) is 7.83. The first kappa shape index (κ1) is 26.5. The van der Waals surface area contributed by atoms with Gasteiger partial charge in [0.25, 0.3) is 0 Å². The van der Waals surface area contributed by atoms with Gasteiger partial charge in [0.2, 0.25) is 10.0 Å². The Kier molecular flexibility index (Phi) is 8.42. The van der Waals surface area contributed by atoms with E-state index in [1.54, 1.807) is 24.3 Å². The van der Waals surface area contributed by atoms with Crippen LogP contribution in [0, 0.1) is 5.82 Å². The molecule has 186 valence electrons. The molecule has 0 spiro atoms. The number of aryl methyl sites for hydroxylation is 1. The van der Waals surface area contributed by atoms with Crippen LogP contribution in [0.4, 0.5) is 17.6 Å². The average Bonchev–Trinajstić information content (AvgIpc) is 2.82. The summed E-state index contributed by atoms with van der Waals surface area (Å²) in [5.41, 5.74) is 1.28. The van der Waals surface area contributed by atoms with Gasteiger partial charge in [-0.2, -0.15) is 17.5 Å². The van der Waals surface area contributed by atoms with Crippen LogP contribution >= 0.6 is 0 Å². The Morgan fingerprint density at radius 1 is 0.914 bits per heavy atom. The summed E-state index contributed by atoms with van der Waals surface area (Å²) in [4.78, 5) is 12.4. The summed E-state index contributed by atoms with van der Waals surface area (Å²) in [5.74, 6) is -0.990. The maximum Gasteiger partial charge on any atom is 0.416 e. The van der Waals surface area contributed by atoms with E-state index in [2.05, 4.69) is 0 Å². The highest BCUT2D eigenvalue weighted by Crippen LogP contribution is 2.31. The van der Waals surface area contributed by atoms with Gasteiger partial charge in [0.05, 0.1) is 23.6 Å². The standard InChI is InChI=1S/C25H23F4NO4S/c26-22-9-12-24(13-10-22)35(33,34)30(14-15-31)17-23(32)11-4-18-2-1-3-20(16-18)19-5-7-21(8-6-19)25(27,28)29/h1-3,5-10,12-13,16,31H,4,11,14-15,17H2.